The van der Waals surface area contributed by atoms with Gasteiger partial charge in [0.05, 0.1) is 0 Å². The Morgan fingerprint density at radius 3 is 2.22 bits per heavy atom. The minimum atomic E-state index is -1.51. The van der Waals surface area contributed by atoms with Crippen LogP contribution in [0.3, 0.4) is 0 Å². The zero-order valence-corrected chi connectivity index (χ0v) is 6.36. The highest BCUT2D eigenvalue weighted by atomic mass is 127. The van der Waals surface area contributed by atoms with E-state index in [0.717, 1.165) is 0 Å². The summed E-state index contributed by atoms with van der Waals surface area (Å²) in [4.78, 5) is 19.7. The lowest BCUT2D eigenvalue weighted by atomic mass is 10.7. The van der Waals surface area contributed by atoms with Crippen LogP contribution in [0.25, 0.3) is 0 Å². The molecule has 0 aromatic carbocycles. The molecule has 0 rings (SSSR count). The molecule has 1 amide bonds. The molecule has 0 aliphatic heterocycles. The molecule has 9 heavy (non-hydrogen) atoms. The van der Waals surface area contributed by atoms with Gasteiger partial charge in [0, 0.05) is 0 Å². The highest BCUT2D eigenvalue weighted by Gasteiger charge is 2.14. The van der Waals surface area contributed by atoms with Crippen molar-refractivity contribution in [2.45, 2.75) is 4.11 Å². The summed E-state index contributed by atoms with van der Waals surface area (Å²) in [6.45, 7) is 0. The number of hydrogen-bond donors (Lipinski definition) is 2. The number of carbonyl (C=O) groups is 2. The number of carboxylic acid groups (broad SMARTS) is 1. The summed E-state index contributed by atoms with van der Waals surface area (Å²) in [5, 5.41) is 7.90. The van der Waals surface area contributed by atoms with Crippen molar-refractivity contribution in [1.82, 2.24) is 0 Å². The second-order valence-electron chi connectivity index (χ2n) is 1.10. The molecule has 0 spiro atoms. The lowest BCUT2D eigenvalue weighted by Crippen LogP contribution is -2.27. The Kier molecular flexibility index (Phi) is 3.28. The van der Waals surface area contributed by atoms with Crippen LogP contribution in [0.4, 0.5) is 4.79 Å². The van der Waals surface area contributed by atoms with Gasteiger partial charge < -0.3 is 15.6 Å². The van der Waals surface area contributed by atoms with E-state index >= 15 is 0 Å². The van der Waals surface area contributed by atoms with Crippen molar-refractivity contribution in [2.75, 3.05) is 0 Å². The summed E-state index contributed by atoms with van der Waals surface area (Å²) >= 11 is 1.47. The van der Waals surface area contributed by atoms with Gasteiger partial charge in [-0.25, -0.2) is 4.79 Å². The fraction of sp³-hybridized carbons (Fsp3) is 0.333. The summed E-state index contributed by atoms with van der Waals surface area (Å²) in [7, 11) is 0. The first-order valence-electron chi connectivity index (χ1n) is 1.87. The topological polar surface area (TPSA) is 89.6 Å². The Morgan fingerprint density at radius 1 is 1.67 bits per heavy atom. The van der Waals surface area contributed by atoms with E-state index in [-0.39, 0.29) is 0 Å². The van der Waals surface area contributed by atoms with Gasteiger partial charge in [0.1, 0.15) is 0 Å². The third kappa shape index (κ3) is 4.01. The quantitative estimate of drug-likeness (QED) is 0.404. The molecule has 0 heterocycles. The third-order valence-electron chi connectivity index (χ3n) is 0.428. The van der Waals surface area contributed by atoms with E-state index in [4.69, 9.17) is 5.11 Å². The van der Waals surface area contributed by atoms with Crippen LogP contribution in [-0.2, 0) is 9.53 Å². The molecule has 0 aromatic rings. The first kappa shape index (κ1) is 8.47. The summed E-state index contributed by atoms with van der Waals surface area (Å²) in [6.07, 6.45) is -1.51. The predicted octanol–water partition coefficient (Wildman–Crippen LogP) is -0.0726. The maximum absolute atomic E-state index is 10.1. The van der Waals surface area contributed by atoms with Gasteiger partial charge in [-0.3, -0.25) is 4.79 Å². The van der Waals surface area contributed by atoms with Crippen LogP contribution in [0, 0.1) is 0 Å². The molecule has 1 atom stereocenters. The van der Waals surface area contributed by atoms with Crippen molar-refractivity contribution in [2.24, 2.45) is 5.73 Å². The molecule has 0 aliphatic carbocycles. The van der Waals surface area contributed by atoms with E-state index in [2.05, 4.69) is 10.5 Å². The van der Waals surface area contributed by atoms with Crippen molar-refractivity contribution in [3.05, 3.63) is 0 Å². The zero-order valence-electron chi connectivity index (χ0n) is 4.20. The molecule has 0 fully saturated rings. The fourth-order valence-electron chi connectivity index (χ4n) is 0.147. The van der Waals surface area contributed by atoms with E-state index < -0.39 is 16.2 Å². The van der Waals surface area contributed by atoms with Crippen molar-refractivity contribution in [3.8, 4) is 0 Å². The van der Waals surface area contributed by atoms with Crippen molar-refractivity contribution < 1.29 is 19.4 Å². The first-order chi connectivity index (χ1) is 4.04. The Labute approximate surface area is 64.3 Å². The summed E-state index contributed by atoms with van der Waals surface area (Å²) in [5.41, 5.74) is 4.65. The number of hydrogen-bond acceptors (Lipinski definition) is 3. The smallest absolute Gasteiger partial charge is 0.450 e. The molecule has 0 bridgehead atoms. The Morgan fingerprint density at radius 2 is 2.11 bits per heavy atom. The van der Waals surface area contributed by atoms with Crippen LogP contribution in [0.2, 0.25) is 0 Å². The number of primary amides is 1. The molecule has 5 nitrogen and oxygen atoms in total. The Bertz CT molecular complexity index is 136. The van der Waals surface area contributed by atoms with Crippen LogP contribution in [0.5, 0.6) is 0 Å². The van der Waals surface area contributed by atoms with Gasteiger partial charge in [-0.05, 0) is 22.6 Å². The Balaban J connectivity index is 3.63. The number of alkyl halides is 1. The van der Waals surface area contributed by atoms with Crippen molar-refractivity contribution >= 4 is 34.7 Å². The number of amides is 1. The minimum Gasteiger partial charge on any atom is -0.450 e. The molecule has 0 aromatic heterocycles. The first-order valence-corrected chi connectivity index (χ1v) is 3.11. The molecule has 3 N–H and O–H groups in total. The third-order valence-corrected chi connectivity index (χ3v) is 1.30. The van der Waals surface area contributed by atoms with Gasteiger partial charge in [-0.15, -0.1) is 0 Å². The molecule has 1 unspecified atom stereocenters. The summed E-state index contributed by atoms with van der Waals surface area (Å²) < 4.78 is 2.84. The lowest BCUT2D eigenvalue weighted by Gasteiger charge is -2.01. The van der Waals surface area contributed by atoms with Gasteiger partial charge in [0.2, 0.25) is 4.11 Å². The van der Waals surface area contributed by atoms with Gasteiger partial charge in [0.15, 0.2) is 0 Å². The molecular weight excluding hydrogens is 241 g/mol. The minimum absolute atomic E-state index is 0.807. The van der Waals surface area contributed by atoms with Crippen LogP contribution in [0.1, 0.15) is 0 Å². The average molecular weight is 245 g/mol. The second kappa shape index (κ2) is 3.49. The molecule has 0 aliphatic rings. The number of carbonyl (C=O) groups excluding carboxylic acids is 1. The number of rotatable bonds is 2. The van der Waals surface area contributed by atoms with E-state index in [1.807, 2.05) is 0 Å². The van der Waals surface area contributed by atoms with Crippen LogP contribution < -0.4 is 5.73 Å². The van der Waals surface area contributed by atoms with E-state index in [9.17, 15) is 9.59 Å². The van der Waals surface area contributed by atoms with E-state index in [0.29, 0.717) is 0 Å². The summed E-state index contributed by atoms with van der Waals surface area (Å²) in [6, 6.07) is 0. The lowest BCUT2D eigenvalue weighted by molar-refractivity contribution is -0.122. The number of nitrogens with two attached hydrogens (primary N) is 1. The van der Waals surface area contributed by atoms with Gasteiger partial charge in [-0.2, -0.15) is 0 Å². The molecule has 52 valence electrons. The normalized spacial score (nSPS) is 12.1. The molecular formula is C3H4INO4. The van der Waals surface area contributed by atoms with Crippen LogP contribution in [-0.4, -0.2) is 21.3 Å². The standard InChI is InChI=1S/C3H4INO4/c4-1(2(5)6)9-3(7)8/h1H,(H2,5,6)(H,7,8). The largest absolute Gasteiger partial charge is 0.507 e. The fourth-order valence-corrected chi connectivity index (χ4v) is 0.364. The predicted molar refractivity (Wildman–Crippen MR) is 36.1 cm³/mol. The monoisotopic (exact) mass is 245 g/mol. The second-order valence-corrected chi connectivity index (χ2v) is 2.23. The highest BCUT2D eigenvalue weighted by Crippen LogP contribution is 2.00. The van der Waals surface area contributed by atoms with Gasteiger partial charge in [-0.1, -0.05) is 0 Å². The van der Waals surface area contributed by atoms with E-state index in [1.165, 1.54) is 22.6 Å². The van der Waals surface area contributed by atoms with Crippen molar-refractivity contribution in [3.63, 3.8) is 0 Å². The SMILES string of the molecule is NC(=O)C(I)OC(=O)O. The van der Waals surface area contributed by atoms with Gasteiger partial charge >= 0.3 is 6.16 Å². The number of ether oxygens (including phenoxy) is 1. The maximum atomic E-state index is 10.1. The average Bonchev–Trinajstić information content (AvgIpc) is 1.63. The number of halogens is 1. The highest BCUT2D eigenvalue weighted by molar-refractivity contribution is 14.1. The van der Waals surface area contributed by atoms with Crippen molar-refractivity contribution in [1.29, 1.82) is 0 Å². The molecule has 6 heteroatoms. The van der Waals surface area contributed by atoms with Gasteiger partial charge in [0.25, 0.3) is 5.91 Å². The molecule has 0 radical (unpaired) electrons. The summed E-state index contributed by atoms with van der Waals surface area (Å²) in [5.74, 6) is -0.807. The maximum Gasteiger partial charge on any atom is 0.507 e. The van der Waals surface area contributed by atoms with E-state index in [1.54, 1.807) is 0 Å². The zero-order chi connectivity index (χ0) is 7.44. The van der Waals surface area contributed by atoms with Crippen LogP contribution in [0.15, 0.2) is 0 Å². The van der Waals surface area contributed by atoms with Crippen LogP contribution >= 0.6 is 22.6 Å². The molecule has 0 saturated carbocycles. The molecule has 0 saturated heterocycles. The Hall–Kier alpha value is -0.530.